The van der Waals surface area contributed by atoms with Gasteiger partial charge in [0, 0.05) is 41.3 Å². The van der Waals surface area contributed by atoms with E-state index in [1.54, 1.807) is 35.8 Å². The Hall–Kier alpha value is -4.73. The first-order valence-corrected chi connectivity index (χ1v) is 13.8. The van der Waals surface area contributed by atoms with Crippen molar-refractivity contribution in [2.75, 3.05) is 6.67 Å². The van der Waals surface area contributed by atoms with E-state index in [0.29, 0.717) is 40.8 Å². The highest BCUT2D eigenvalue weighted by atomic mass is 19.1. The van der Waals surface area contributed by atoms with Crippen molar-refractivity contribution in [1.29, 1.82) is 0 Å². The number of aromatic nitrogens is 3. The molecule has 0 atom stereocenters. The van der Waals surface area contributed by atoms with Crippen molar-refractivity contribution in [2.24, 2.45) is 5.41 Å². The Morgan fingerprint density at radius 3 is 2.47 bits per heavy atom. The Labute approximate surface area is 244 Å². The van der Waals surface area contributed by atoms with Crippen molar-refractivity contribution in [2.45, 2.75) is 39.3 Å². The number of imidazole rings is 1. The summed E-state index contributed by atoms with van der Waals surface area (Å²) in [7, 11) is 0. The van der Waals surface area contributed by atoms with Gasteiger partial charge in [0.1, 0.15) is 29.9 Å². The van der Waals surface area contributed by atoms with E-state index in [1.165, 1.54) is 42.6 Å². The molecule has 1 fully saturated rings. The fraction of sp³-hybridized carbons (Fsp3) is 0.242. The molecule has 220 valence electrons. The Morgan fingerprint density at radius 1 is 1.02 bits per heavy atom. The molecule has 0 amide bonds. The fourth-order valence-corrected chi connectivity index (χ4v) is 5.19. The predicted molar refractivity (Wildman–Crippen MR) is 152 cm³/mol. The zero-order chi connectivity index (χ0) is 30.3. The predicted octanol–water partition coefficient (Wildman–Crippen LogP) is 7.44. The highest BCUT2D eigenvalue weighted by Crippen LogP contribution is 2.48. The molecule has 10 heteroatoms. The minimum Gasteiger partial charge on any atom is -0.478 e. The topological polar surface area (TPSA) is 77.2 Å². The molecule has 2 aromatic heterocycles. The number of hydrogen-bond acceptors (Lipinski definition) is 4. The number of alkyl halides is 1. The highest BCUT2D eigenvalue weighted by molar-refractivity contribution is 5.92. The van der Waals surface area contributed by atoms with Crippen molar-refractivity contribution in [3.8, 4) is 17.0 Å². The molecule has 1 N–H and O–H groups in total. The average Bonchev–Trinajstić information content (AvgIpc) is 3.69. The Bertz CT molecular complexity index is 1840. The van der Waals surface area contributed by atoms with Crippen LogP contribution < -0.4 is 4.74 Å². The van der Waals surface area contributed by atoms with Gasteiger partial charge >= 0.3 is 5.97 Å². The maximum Gasteiger partial charge on any atom is 0.335 e. The smallest absolute Gasteiger partial charge is 0.335 e. The highest BCUT2D eigenvalue weighted by Gasteiger charge is 2.44. The van der Waals surface area contributed by atoms with Gasteiger partial charge in [-0.25, -0.2) is 27.9 Å². The number of rotatable bonds is 10. The number of carboxylic acid groups (broad SMARTS) is 1. The van der Waals surface area contributed by atoms with Crippen LogP contribution in [0.3, 0.4) is 0 Å². The molecule has 1 aliphatic rings. The van der Waals surface area contributed by atoms with E-state index in [0.717, 1.165) is 5.56 Å². The van der Waals surface area contributed by atoms with Crippen molar-refractivity contribution < 1.29 is 32.2 Å². The molecular formula is C33H27F4N3O3. The van der Waals surface area contributed by atoms with E-state index in [4.69, 9.17) is 4.74 Å². The van der Waals surface area contributed by atoms with Crippen molar-refractivity contribution in [3.05, 3.63) is 112 Å². The number of ether oxygens (including phenoxy) is 1. The lowest BCUT2D eigenvalue weighted by Crippen LogP contribution is -2.17. The van der Waals surface area contributed by atoms with Crippen LogP contribution in [-0.2, 0) is 19.6 Å². The molecular weight excluding hydrogens is 562 g/mol. The normalized spacial score (nSPS) is 13.8. The second kappa shape index (κ2) is 11.2. The van der Waals surface area contributed by atoms with Crippen LogP contribution in [0.5, 0.6) is 5.88 Å². The largest absolute Gasteiger partial charge is 0.478 e. The van der Waals surface area contributed by atoms with Crippen LogP contribution in [0.4, 0.5) is 17.6 Å². The van der Waals surface area contributed by atoms with E-state index in [9.17, 15) is 18.7 Å². The SMILES string of the molecule is Cc1ccc(COc2ncccc2-c2cc(F)c(Cc3nc4ccc(C(=O)O)cc4n3CC3(CF)CC3)c(F)c2)c(F)c1. The van der Waals surface area contributed by atoms with Crippen LogP contribution in [-0.4, -0.2) is 32.3 Å². The summed E-state index contributed by atoms with van der Waals surface area (Å²) in [5.74, 6) is -2.82. The van der Waals surface area contributed by atoms with Crippen LogP contribution in [0.25, 0.3) is 22.2 Å². The number of aromatic carboxylic acids is 1. The standard InChI is InChI=1S/C33H27F4N3O3/c1-19-4-5-21(25(35)11-19)16-43-31-23(3-2-10-38-31)22-12-26(36)24(27(37)13-22)15-30-39-28-7-6-20(32(41)42)14-29(28)40(30)18-33(17-34)8-9-33/h2-7,10-14H,8-9,15-18H2,1H3,(H,41,42). The second-order valence-electron chi connectivity index (χ2n) is 11.1. The number of halogens is 4. The molecule has 5 aromatic rings. The summed E-state index contributed by atoms with van der Waals surface area (Å²) < 4.78 is 66.8. The van der Waals surface area contributed by atoms with E-state index in [2.05, 4.69) is 9.97 Å². The maximum atomic E-state index is 15.6. The lowest BCUT2D eigenvalue weighted by atomic mass is 10.0. The summed E-state index contributed by atoms with van der Waals surface area (Å²) >= 11 is 0. The van der Waals surface area contributed by atoms with Crippen molar-refractivity contribution in [1.82, 2.24) is 14.5 Å². The Kier molecular flexibility index (Phi) is 7.37. The monoisotopic (exact) mass is 589 g/mol. The average molecular weight is 590 g/mol. The molecule has 2 heterocycles. The molecule has 0 saturated heterocycles. The lowest BCUT2D eigenvalue weighted by Gasteiger charge is -2.16. The van der Waals surface area contributed by atoms with Gasteiger partial charge < -0.3 is 14.4 Å². The number of aryl methyl sites for hydroxylation is 1. The molecule has 6 rings (SSSR count). The summed E-state index contributed by atoms with van der Waals surface area (Å²) in [6.45, 7) is 1.31. The van der Waals surface area contributed by atoms with Crippen LogP contribution in [0.2, 0.25) is 0 Å². The van der Waals surface area contributed by atoms with Crippen molar-refractivity contribution >= 4 is 17.0 Å². The first kappa shape index (κ1) is 28.4. The molecule has 1 aliphatic carbocycles. The first-order valence-electron chi connectivity index (χ1n) is 13.8. The Balaban J connectivity index is 1.32. The number of pyridine rings is 1. The zero-order valence-corrected chi connectivity index (χ0v) is 23.2. The number of carbonyl (C=O) groups is 1. The molecule has 1 saturated carbocycles. The third kappa shape index (κ3) is 5.69. The number of nitrogens with zero attached hydrogens (tertiary/aromatic N) is 3. The molecule has 43 heavy (non-hydrogen) atoms. The van der Waals surface area contributed by atoms with Crippen LogP contribution in [0.15, 0.2) is 66.9 Å². The van der Waals surface area contributed by atoms with E-state index in [1.807, 2.05) is 0 Å². The van der Waals surface area contributed by atoms with Gasteiger partial charge in [-0.3, -0.25) is 4.39 Å². The third-order valence-electron chi connectivity index (χ3n) is 7.94. The van der Waals surface area contributed by atoms with Gasteiger partial charge in [0.15, 0.2) is 0 Å². The minimum absolute atomic E-state index is 0.0339. The van der Waals surface area contributed by atoms with Gasteiger partial charge in [-0.2, -0.15) is 0 Å². The molecule has 0 aliphatic heterocycles. The molecule has 3 aromatic carbocycles. The minimum atomic E-state index is -1.13. The lowest BCUT2D eigenvalue weighted by molar-refractivity contribution is 0.0697. The van der Waals surface area contributed by atoms with E-state index >= 15 is 8.78 Å². The van der Waals surface area contributed by atoms with Crippen LogP contribution >= 0.6 is 0 Å². The van der Waals surface area contributed by atoms with Gasteiger partial charge in [0.05, 0.1) is 23.3 Å². The number of carboxylic acids is 1. The third-order valence-corrected chi connectivity index (χ3v) is 7.94. The summed E-state index contributed by atoms with van der Waals surface area (Å²) in [6.07, 6.45) is 2.55. The second-order valence-corrected chi connectivity index (χ2v) is 11.1. The number of fused-ring (bicyclic) bond motifs is 1. The van der Waals surface area contributed by atoms with Crippen LogP contribution in [0.1, 0.15) is 45.7 Å². The van der Waals surface area contributed by atoms with Gasteiger partial charge in [-0.1, -0.05) is 12.1 Å². The first-order chi connectivity index (χ1) is 20.7. The van der Waals surface area contributed by atoms with Gasteiger partial charge in [-0.05, 0) is 79.4 Å². The molecule has 0 spiro atoms. The molecule has 0 bridgehead atoms. The summed E-state index contributed by atoms with van der Waals surface area (Å²) in [5, 5.41) is 9.48. The summed E-state index contributed by atoms with van der Waals surface area (Å²) in [5.41, 5.74) is 1.70. The number of benzene rings is 3. The van der Waals surface area contributed by atoms with Crippen LogP contribution in [0, 0.1) is 29.8 Å². The van der Waals surface area contributed by atoms with Crippen molar-refractivity contribution in [3.63, 3.8) is 0 Å². The van der Waals surface area contributed by atoms with Gasteiger partial charge in [0.25, 0.3) is 0 Å². The Morgan fingerprint density at radius 2 is 1.79 bits per heavy atom. The summed E-state index contributed by atoms with van der Waals surface area (Å²) in [6, 6.07) is 14.7. The molecule has 0 unspecified atom stereocenters. The van der Waals surface area contributed by atoms with Gasteiger partial charge in [-0.15, -0.1) is 0 Å². The zero-order valence-electron chi connectivity index (χ0n) is 23.2. The molecule has 6 nitrogen and oxygen atoms in total. The van der Waals surface area contributed by atoms with E-state index in [-0.39, 0.29) is 42.1 Å². The summed E-state index contributed by atoms with van der Waals surface area (Å²) in [4.78, 5) is 20.3. The van der Waals surface area contributed by atoms with Gasteiger partial charge in [0.2, 0.25) is 5.88 Å². The maximum absolute atomic E-state index is 15.6. The fourth-order valence-electron chi connectivity index (χ4n) is 5.19. The quantitative estimate of drug-likeness (QED) is 0.171. The molecule has 0 radical (unpaired) electrons. The van der Waals surface area contributed by atoms with E-state index < -0.39 is 35.5 Å². The number of hydrogen-bond donors (Lipinski definition) is 1.